The lowest BCUT2D eigenvalue weighted by Gasteiger charge is -2.18. The summed E-state index contributed by atoms with van der Waals surface area (Å²) in [7, 11) is 0. The highest BCUT2D eigenvalue weighted by atomic mass is 16.5. The number of para-hydroxylation sites is 1. The van der Waals surface area contributed by atoms with Gasteiger partial charge in [0.2, 0.25) is 5.78 Å². The monoisotopic (exact) mass is 444 g/mol. The van der Waals surface area contributed by atoms with E-state index in [4.69, 9.17) is 4.74 Å². The van der Waals surface area contributed by atoms with Crippen LogP contribution in [0.15, 0.2) is 115 Å². The number of esters is 1. The van der Waals surface area contributed by atoms with E-state index >= 15 is 0 Å². The van der Waals surface area contributed by atoms with Crippen molar-refractivity contribution in [3.8, 4) is 11.4 Å². The second kappa shape index (κ2) is 9.46. The zero-order valence-electron chi connectivity index (χ0n) is 18.2. The van der Waals surface area contributed by atoms with Crippen LogP contribution in [0.4, 0.5) is 0 Å². The maximum Gasteiger partial charge on any atom is 0.339 e. The quantitative estimate of drug-likeness (QED) is 0.235. The normalized spacial score (nSPS) is 11.6. The Hall–Kier alpha value is -4.64. The molecule has 2 aromatic heterocycles. The van der Waals surface area contributed by atoms with Gasteiger partial charge in [0.25, 0.3) is 0 Å². The molecule has 2 heterocycles. The fourth-order valence-electron chi connectivity index (χ4n) is 3.81. The number of carbonyl (C=O) groups excluding carboxylic acids is 2. The van der Waals surface area contributed by atoms with Crippen molar-refractivity contribution in [1.82, 2.24) is 9.97 Å². The fourth-order valence-corrected chi connectivity index (χ4v) is 3.81. The van der Waals surface area contributed by atoms with Gasteiger partial charge in [-0.15, -0.1) is 0 Å². The average Bonchev–Trinajstić information content (AvgIpc) is 2.92. The molecular weight excluding hydrogens is 424 g/mol. The third-order valence-electron chi connectivity index (χ3n) is 5.49. The van der Waals surface area contributed by atoms with Crippen LogP contribution in [-0.4, -0.2) is 21.7 Å². The third-order valence-corrected chi connectivity index (χ3v) is 5.49. The summed E-state index contributed by atoms with van der Waals surface area (Å²) in [5, 5.41) is 0.645. The number of pyridine rings is 2. The Bertz CT molecular complexity index is 1450. The van der Waals surface area contributed by atoms with Gasteiger partial charge in [0, 0.05) is 22.7 Å². The van der Waals surface area contributed by atoms with Crippen molar-refractivity contribution in [3.05, 3.63) is 132 Å². The van der Waals surface area contributed by atoms with E-state index in [1.54, 1.807) is 48.7 Å². The molecule has 0 amide bonds. The summed E-state index contributed by atoms with van der Waals surface area (Å²) in [6, 6.07) is 32.4. The van der Waals surface area contributed by atoms with Gasteiger partial charge < -0.3 is 4.74 Å². The van der Waals surface area contributed by atoms with Crippen LogP contribution in [-0.2, 0) is 4.74 Å². The molecule has 0 radical (unpaired) electrons. The third kappa shape index (κ3) is 4.32. The Kier molecular flexibility index (Phi) is 5.91. The molecule has 0 aliphatic carbocycles. The number of aromatic nitrogens is 2. The van der Waals surface area contributed by atoms with E-state index in [1.807, 2.05) is 66.7 Å². The Labute approximate surface area is 196 Å². The molecule has 0 aliphatic heterocycles. The van der Waals surface area contributed by atoms with Crippen molar-refractivity contribution in [3.63, 3.8) is 0 Å². The number of hydrogen-bond acceptors (Lipinski definition) is 5. The molecule has 0 spiro atoms. The average molecular weight is 444 g/mol. The van der Waals surface area contributed by atoms with Crippen molar-refractivity contribution in [2.45, 2.75) is 6.10 Å². The molecule has 0 aliphatic rings. The van der Waals surface area contributed by atoms with Gasteiger partial charge in [0.15, 0.2) is 6.10 Å². The van der Waals surface area contributed by atoms with Crippen LogP contribution < -0.4 is 0 Å². The van der Waals surface area contributed by atoms with Crippen LogP contribution >= 0.6 is 0 Å². The second-order valence-corrected chi connectivity index (χ2v) is 7.71. The minimum absolute atomic E-state index is 0.288. The number of Topliss-reactive ketones (excluding diaryl/α,β-unsaturated/α-hetero) is 1. The molecule has 5 aromatic rings. The Morgan fingerprint density at radius 3 is 2.12 bits per heavy atom. The molecule has 34 heavy (non-hydrogen) atoms. The van der Waals surface area contributed by atoms with Crippen molar-refractivity contribution in [2.75, 3.05) is 0 Å². The molecule has 0 saturated carbocycles. The fraction of sp³-hybridized carbons (Fsp3) is 0.0345. The number of benzene rings is 3. The summed E-state index contributed by atoms with van der Waals surface area (Å²) < 4.78 is 5.90. The van der Waals surface area contributed by atoms with E-state index in [2.05, 4.69) is 9.97 Å². The molecule has 0 bridgehead atoms. The molecular formula is C29H20N2O3. The van der Waals surface area contributed by atoms with Gasteiger partial charge in [-0.25, -0.2) is 9.78 Å². The van der Waals surface area contributed by atoms with Gasteiger partial charge >= 0.3 is 5.97 Å². The summed E-state index contributed by atoms with van der Waals surface area (Å²) in [5.41, 5.74) is 3.24. The van der Waals surface area contributed by atoms with E-state index in [0.29, 0.717) is 39.0 Å². The zero-order valence-corrected chi connectivity index (χ0v) is 18.2. The van der Waals surface area contributed by atoms with Gasteiger partial charge in [-0.05, 0) is 24.3 Å². The number of carbonyl (C=O) groups is 2. The van der Waals surface area contributed by atoms with Crippen molar-refractivity contribution in [2.24, 2.45) is 0 Å². The Morgan fingerprint density at radius 2 is 1.38 bits per heavy atom. The molecule has 5 nitrogen and oxygen atoms in total. The van der Waals surface area contributed by atoms with Crippen molar-refractivity contribution in [1.29, 1.82) is 0 Å². The minimum atomic E-state index is -1.08. The number of rotatable bonds is 6. The van der Waals surface area contributed by atoms with Crippen LogP contribution in [0.25, 0.3) is 22.3 Å². The maximum atomic E-state index is 13.5. The minimum Gasteiger partial charge on any atom is -0.445 e. The first-order valence-electron chi connectivity index (χ1n) is 10.9. The first kappa shape index (κ1) is 21.2. The predicted octanol–water partition coefficient (Wildman–Crippen LogP) is 6.08. The number of hydrogen-bond donors (Lipinski definition) is 0. The first-order chi connectivity index (χ1) is 16.7. The second-order valence-electron chi connectivity index (χ2n) is 7.71. The molecule has 5 heteroatoms. The van der Waals surface area contributed by atoms with Crippen LogP contribution in [0, 0.1) is 0 Å². The summed E-state index contributed by atoms with van der Waals surface area (Å²) in [5.74, 6) is -0.891. The predicted molar refractivity (Wildman–Crippen MR) is 130 cm³/mol. The first-order valence-corrected chi connectivity index (χ1v) is 10.9. The van der Waals surface area contributed by atoms with Gasteiger partial charge in [0.05, 0.1) is 22.5 Å². The molecule has 0 fully saturated rings. The Balaban J connectivity index is 1.57. The smallest absolute Gasteiger partial charge is 0.339 e. The van der Waals surface area contributed by atoms with Crippen LogP contribution in [0.5, 0.6) is 0 Å². The van der Waals surface area contributed by atoms with E-state index < -0.39 is 12.1 Å². The van der Waals surface area contributed by atoms with Gasteiger partial charge in [0.1, 0.15) is 0 Å². The summed E-state index contributed by atoms with van der Waals surface area (Å²) in [4.78, 5) is 35.9. The van der Waals surface area contributed by atoms with Gasteiger partial charge in [-0.1, -0.05) is 84.9 Å². The van der Waals surface area contributed by atoms with Crippen LogP contribution in [0.1, 0.15) is 32.4 Å². The molecule has 1 unspecified atom stereocenters. The Morgan fingerprint density at radius 1 is 0.706 bits per heavy atom. The highest BCUT2D eigenvalue weighted by Gasteiger charge is 2.28. The number of ether oxygens (including phenoxy) is 1. The van der Waals surface area contributed by atoms with E-state index in [9.17, 15) is 9.59 Å². The van der Waals surface area contributed by atoms with Crippen LogP contribution in [0.3, 0.4) is 0 Å². The highest BCUT2D eigenvalue weighted by molar-refractivity contribution is 6.07. The maximum absolute atomic E-state index is 13.5. The molecule has 0 N–H and O–H groups in total. The number of nitrogens with zero attached hydrogens (tertiary/aromatic N) is 2. The largest absolute Gasteiger partial charge is 0.445 e. The van der Waals surface area contributed by atoms with E-state index in [-0.39, 0.29) is 5.78 Å². The highest BCUT2D eigenvalue weighted by Crippen LogP contribution is 2.28. The number of ketones is 1. The SMILES string of the molecule is O=C(OC(C(=O)c1ccccc1)c1ccccc1)c1cc(-c2ccccn2)nc2ccccc12. The molecule has 1 atom stereocenters. The topological polar surface area (TPSA) is 69.2 Å². The lowest BCUT2D eigenvalue weighted by molar-refractivity contribution is 0.0282. The lowest BCUT2D eigenvalue weighted by atomic mass is 9.99. The van der Waals surface area contributed by atoms with E-state index in [1.165, 1.54) is 0 Å². The summed E-state index contributed by atoms with van der Waals surface area (Å²) in [6.45, 7) is 0. The molecule has 164 valence electrons. The zero-order chi connectivity index (χ0) is 23.3. The summed E-state index contributed by atoms with van der Waals surface area (Å²) >= 11 is 0. The lowest BCUT2D eigenvalue weighted by Crippen LogP contribution is -2.20. The van der Waals surface area contributed by atoms with Crippen molar-refractivity contribution < 1.29 is 14.3 Å². The van der Waals surface area contributed by atoms with Crippen molar-refractivity contribution >= 4 is 22.7 Å². The van der Waals surface area contributed by atoms with E-state index in [0.717, 1.165) is 0 Å². The van der Waals surface area contributed by atoms with Crippen LogP contribution in [0.2, 0.25) is 0 Å². The number of fused-ring (bicyclic) bond motifs is 1. The van der Waals surface area contributed by atoms with Gasteiger partial charge in [-0.2, -0.15) is 0 Å². The molecule has 0 saturated heterocycles. The van der Waals surface area contributed by atoms with Gasteiger partial charge in [-0.3, -0.25) is 9.78 Å². The summed E-state index contributed by atoms with van der Waals surface area (Å²) in [6.07, 6.45) is 0.593. The molecule has 3 aromatic carbocycles. The molecule has 5 rings (SSSR count). The standard InChI is InChI=1S/C29H20N2O3/c32-27(20-11-3-1-4-12-20)28(21-13-5-2-6-14-21)34-29(33)23-19-26(25-17-9-10-18-30-25)31-24-16-8-7-15-22(23)24/h1-19,28H.